The van der Waals surface area contributed by atoms with Crippen LogP contribution in [0.25, 0.3) is 0 Å². The van der Waals surface area contributed by atoms with Crippen molar-refractivity contribution in [3.63, 3.8) is 0 Å². The number of ether oxygens (including phenoxy) is 3. The number of esters is 3. The molecule has 6 heteroatoms. The Morgan fingerprint density at radius 1 is 0.276 bits per heavy atom. The van der Waals surface area contributed by atoms with E-state index in [-0.39, 0.29) is 31.1 Å². The van der Waals surface area contributed by atoms with Gasteiger partial charge in [-0.1, -0.05) is 304 Å². The quantitative estimate of drug-likeness (QED) is 0.0261. The van der Waals surface area contributed by atoms with Gasteiger partial charge in [-0.15, -0.1) is 0 Å². The van der Waals surface area contributed by atoms with E-state index in [0.717, 1.165) is 109 Å². The van der Waals surface area contributed by atoms with Crippen molar-refractivity contribution < 1.29 is 28.6 Å². The predicted molar refractivity (Wildman–Crippen MR) is 330 cm³/mol. The topological polar surface area (TPSA) is 78.9 Å². The van der Waals surface area contributed by atoms with Gasteiger partial charge in [-0.3, -0.25) is 14.4 Å². The SMILES string of the molecule is CC/C=C\C/C=C\C/C=C\C/C=C\C/C=C\C/C=C\C/C=C\C/C=C\CCCCC(=O)OCC(COC(=O)CCCCCCCCCCCCCCCC)OC(=O)CCCCCCCCCCCCCCCCCCC. The van der Waals surface area contributed by atoms with Gasteiger partial charge in [0.25, 0.3) is 0 Å². The lowest BCUT2D eigenvalue weighted by molar-refractivity contribution is -0.167. The molecule has 76 heavy (non-hydrogen) atoms. The van der Waals surface area contributed by atoms with Crippen LogP contribution in [0.4, 0.5) is 0 Å². The number of allylic oxidation sites excluding steroid dienone is 16. The lowest BCUT2D eigenvalue weighted by atomic mass is 10.0. The highest BCUT2D eigenvalue weighted by Crippen LogP contribution is 2.17. The normalized spacial score (nSPS) is 12.7. The van der Waals surface area contributed by atoms with Crippen molar-refractivity contribution in [1.82, 2.24) is 0 Å². The van der Waals surface area contributed by atoms with Crippen LogP contribution >= 0.6 is 0 Å². The van der Waals surface area contributed by atoms with Crippen molar-refractivity contribution >= 4 is 17.9 Å². The minimum Gasteiger partial charge on any atom is -0.462 e. The van der Waals surface area contributed by atoms with Crippen LogP contribution in [0.5, 0.6) is 0 Å². The fourth-order valence-corrected chi connectivity index (χ4v) is 9.05. The van der Waals surface area contributed by atoms with Crippen LogP contribution in [0.3, 0.4) is 0 Å². The molecule has 0 saturated carbocycles. The smallest absolute Gasteiger partial charge is 0.306 e. The second-order valence-electron chi connectivity index (χ2n) is 21.3. The Morgan fingerprint density at radius 2 is 0.513 bits per heavy atom. The van der Waals surface area contributed by atoms with Crippen molar-refractivity contribution in [2.24, 2.45) is 0 Å². The highest BCUT2D eigenvalue weighted by atomic mass is 16.6. The number of hydrogen-bond donors (Lipinski definition) is 0. The Bertz CT molecular complexity index is 1490. The van der Waals surface area contributed by atoms with Gasteiger partial charge >= 0.3 is 17.9 Å². The summed E-state index contributed by atoms with van der Waals surface area (Å²) in [4.78, 5) is 38.3. The second kappa shape index (κ2) is 63.9. The van der Waals surface area contributed by atoms with Crippen LogP contribution in [0, 0.1) is 0 Å². The maximum Gasteiger partial charge on any atom is 0.306 e. The van der Waals surface area contributed by atoms with E-state index in [1.54, 1.807) is 0 Å². The molecule has 0 rings (SSSR count). The van der Waals surface area contributed by atoms with E-state index in [1.165, 1.54) is 161 Å². The predicted octanol–water partition coefficient (Wildman–Crippen LogP) is 22.0. The molecule has 0 fully saturated rings. The summed E-state index contributed by atoms with van der Waals surface area (Å²) in [6.07, 6.45) is 85.5. The van der Waals surface area contributed by atoms with Gasteiger partial charge in [-0.05, 0) is 83.5 Å². The van der Waals surface area contributed by atoms with E-state index in [9.17, 15) is 14.4 Å². The molecule has 0 bridgehead atoms. The Labute approximate surface area is 470 Å². The fraction of sp³-hybridized carbons (Fsp3) is 0.729. The molecule has 0 aromatic heterocycles. The monoisotopic (exact) mass is 1060 g/mol. The third-order valence-electron chi connectivity index (χ3n) is 13.9. The fourth-order valence-electron chi connectivity index (χ4n) is 9.05. The van der Waals surface area contributed by atoms with Crippen molar-refractivity contribution in [3.8, 4) is 0 Å². The second-order valence-corrected chi connectivity index (χ2v) is 21.3. The molecular formula is C70H120O6. The Morgan fingerprint density at radius 3 is 0.803 bits per heavy atom. The van der Waals surface area contributed by atoms with E-state index in [1.807, 2.05) is 0 Å². The Hall–Kier alpha value is -3.67. The first-order valence-corrected chi connectivity index (χ1v) is 32.2. The Kier molecular flexibility index (Phi) is 60.8. The molecular weight excluding hydrogens is 937 g/mol. The maximum absolute atomic E-state index is 12.9. The van der Waals surface area contributed by atoms with Crippen molar-refractivity contribution in [2.45, 2.75) is 316 Å². The third kappa shape index (κ3) is 61.2. The van der Waals surface area contributed by atoms with Crippen molar-refractivity contribution in [3.05, 3.63) is 97.2 Å². The minimum atomic E-state index is -0.794. The van der Waals surface area contributed by atoms with Crippen molar-refractivity contribution in [1.29, 1.82) is 0 Å². The highest BCUT2D eigenvalue weighted by Gasteiger charge is 2.19. The summed E-state index contributed by atoms with van der Waals surface area (Å²) in [6.45, 7) is 6.53. The average Bonchev–Trinajstić information content (AvgIpc) is 3.42. The lowest BCUT2D eigenvalue weighted by Crippen LogP contribution is -2.30. The zero-order valence-electron chi connectivity index (χ0n) is 50.0. The van der Waals surface area contributed by atoms with E-state index in [2.05, 4.69) is 118 Å². The molecule has 0 heterocycles. The molecule has 0 radical (unpaired) electrons. The summed E-state index contributed by atoms with van der Waals surface area (Å²) in [5.74, 6) is -0.919. The van der Waals surface area contributed by atoms with Gasteiger partial charge < -0.3 is 14.2 Å². The van der Waals surface area contributed by atoms with E-state index >= 15 is 0 Å². The van der Waals surface area contributed by atoms with Crippen LogP contribution in [0.1, 0.15) is 310 Å². The summed E-state index contributed by atoms with van der Waals surface area (Å²) >= 11 is 0. The number of hydrogen-bond acceptors (Lipinski definition) is 6. The largest absolute Gasteiger partial charge is 0.462 e. The van der Waals surface area contributed by atoms with Gasteiger partial charge in [-0.2, -0.15) is 0 Å². The molecule has 0 amide bonds. The standard InChI is InChI=1S/C70H120O6/c1-4-7-10-13-16-19-22-25-28-30-31-32-33-34-35-36-37-38-39-41-42-45-48-51-54-57-60-63-69(72)75-66-67(65-74-68(71)62-59-56-53-50-47-44-27-24-21-18-15-12-9-6-3)76-70(73)64-61-58-55-52-49-46-43-40-29-26-23-20-17-14-11-8-5-2/h7,10,16,19,25,28,31-32,34-35,37-38,41-42,48,51,67H,4-6,8-9,11-15,17-18,20-24,26-27,29-30,33,36,39-40,43-47,49-50,52-66H2,1-3H3/b10-7-,19-16-,28-25-,32-31-,35-34-,38-37-,42-41-,51-48-. The van der Waals surface area contributed by atoms with Gasteiger partial charge in [0.15, 0.2) is 6.10 Å². The van der Waals surface area contributed by atoms with Gasteiger partial charge in [0.05, 0.1) is 0 Å². The molecule has 1 atom stereocenters. The molecule has 0 aromatic rings. The van der Waals surface area contributed by atoms with Gasteiger partial charge in [0, 0.05) is 19.3 Å². The van der Waals surface area contributed by atoms with Crippen LogP contribution in [-0.4, -0.2) is 37.2 Å². The van der Waals surface area contributed by atoms with Gasteiger partial charge in [0.1, 0.15) is 13.2 Å². The molecule has 0 saturated heterocycles. The van der Waals surface area contributed by atoms with Crippen molar-refractivity contribution in [2.75, 3.05) is 13.2 Å². The number of unbranched alkanes of at least 4 members (excludes halogenated alkanes) is 31. The molecule has 0 aliphatic carbocycles. The molecule has 6 nitrogen and oxygen atoms in total. The first kappa shape index (κ1) is 72.3. The Balaban J connectivity index is 4.41. The van der Waals surface area contributed by atoms with E-state index < -0.39 is 6.10 Å². The molecule has 0 N–H and O–H groups in total. The summed E-state index contributed by atoms with van der Waals surface area (Å²) in [5, 5.41) is 0. The first-order chi connectivity index (χ1) is 37.5. The van der Waals surface area contributed by atoms with Gasteiger partial charge in [0.2, 0.25) is 0 Å². The molecule has 0 aromatic carbocycles. The van der Waals surface area contributed by atoms with Crippen LogP contribution in [-0.2, 0) is 28.6 Å². The molecule has 1 unspecified atom stereocenters. The lowest BCUT2D eigenvalue weighted by Gasteiger charge is -2.18. The van der Waals surface area contributed by atoms with E-state index in [0.29, 0.717) is 19.3 Å². The molecule has 436 valence electrons. The van der Waals surface area contributed by atoms with Crippen LogP contribution in [0.15, 0.2) is 97.2 Å². The third-order valence-corrected chi connectivity index (χ3v) is 13.9. The maximum atomic E-state index is 12.9. The minimum absolute atomic E-state index is 0.0872. The summed E-state index contributed by atoms with van der Waals surface area (Å²) in [5.41, 5.74) is 0. The zero-order valence-corrected chi connectivity index (χ0v) is 50.0. The number of carbonyl (C=O) groups excluding carboxylic acids is 3. The average molecular weight is 1060 g/mol. The summed E-state index contributed by atoms with van der Waals surface area (Å²) in [7, 11) is 0. The molecule has 0 aliphatic rings. The van der Waals surface area contributed by atoms with Crippen LogP contribution < -0.4 is 0 Å². The first-order valence-electron chi connectivity index (χ1n) is 32.2. The van der Waals surface area contributed by atoms with Crippen LogP contribution in [0.2, 0.25) is 0 Å². The highest BCUT2D eigenvalue weighted by molar-refractivity contribution is 5.71. The van der Waals surface area contributed by atoms with E-state index in [4.69, 9.17) is 14.2 Å². The number of rotatable bonds is 58. The zero-order chi connectivity index (χ0) is 55.0. The summed E-state index contributed by atoms with van der Waals surface area (Å²) in [6, 6.07) is 0. The molecule has 0 aliphatic heterocycles. The van der Waals surface area contributed by atoms with Gasteiger partial charge in [-0.25, -0.2) is 0 Å². The summed E-state index contributed by atoms with van der Waals surface area (Å²) < 4.78 is 16.9. The molecule has 0 spiro atoms. The number of carbonyl (C=O) groups is 3.